The van der Waals surface area contributed by atoms with E-state index in [4.69, 9.17) is 15.5 Å². The van der Waals surface area contributed by atoms with Gasteiger partial charge >= 0.3 is 12.0 Å². The average molecular weight is 439 g/mol. The van der Waals surface area contributed by atoms with Crippen molar-refractivity contribution in [1.29, 1.82) is 0 Å². The zero-order chi connectivity index (χ0) is 23.6. The van der Waals surface area contributed by atoms with Crippen molar-refractivity contribution in [3.8, 4) is 0 Å². The second kappa shape index (κ2) is 9.18. The zero-order valence-corrected chi connectivity index (χ0v) is 20.0. The fourth-order valence-corrected chi connectivity index (χ4v) is 4.29. The van der Waals surface area contributed by atoms with Gasteiger partial charge in [-0.05, 0) is 25.5 Å². The Balaban J connectivity index is 2.06. The molecular formula is C25H34N4O3. The number of aromatic nitrogens is 1. The molecule has 0 aliphatic carbocycles. The van der Waals surface area contributed by atoms with E-state index in [0.717, 1.165) is 23.0 Å². The highest BCUT2D eigenvalue weighted by Crippen LogP contribution is 2.39. The van der Waals surface area contributed by atoms with Crippen molar-refractivity contribution in [2.24, 2.45) is 23.2 Å². The molecule has 3 rings (SSSR count). The lowest BCUT2D eigenvalue weighted by Gasteiger charge is -2.25. The smallest absolute Gasteiger partial charge is 0.319 e. The molecule has 0 bridgehead atoms. The van der Waals surface area contributed by atoms with Crippen molar-refractivity contribution >= 4 is 39.9 Å². The van der Waals surface area contributed by atoms with Gasteiger partial charge in [-0.1, -0.05) is 39.0 Å². The van der Waals surface area contributed by atoms with Crippen molar-refractivity contribution in [2.45, 2.75) is 47.5 Å². The quantitative estimate of drug-likeness (QED) is 0.668. The Morgan fingerprint density at radius 2 is 2.00 bits per heavy atom. The van der Waals surface area contributed by atoms with Crippen LogP contribution in [0.1, 0.15) is 51.8 Å². The van der Waals surface area contributed by atoms with Crippen LogP contribution in [-0.2, 0) is 16.6 Å². The van der Waals surface area contributed by atoms with E-state index in [1.807, 2.05) is 19.2 Å². The number of rotatable bonds is 6. The first-order valence-electron chi connectivity index (χ1n) is 11.1. The van der Waals surface area contributed by atoms with E-state index < -0.39 is 6.03 Å². The summed E-state index contributed by atoms with van der Waals surface area (Å²) in [5.41, 5.74) is 12.1. The van der Waals surface area contributed by atoms with Crippen LogP contribution in [0.25, 0.3) is 16.5 Å². The SMILES string of the molecule is CCOC(=O)CCN(C(N)=O)c1cccc2c(C3=CCN=C(C(C)(C)C)C3)c(C)n(C)c12. The molecule has 2 heterocycles. The Hall–Kier alpha value is -3.09. The first kappa shape index (κ1) is 23.6. The predicted molar refractivity (Wildman–Crippen MR) is 130 cm³/mol. The molecule has 7 nitrogen and oxygen atoms in total. The van der Waals surface area contributed by atoms with Gasteiger partial charge in [-0.15, -0.1) is 0 Å². The van der Waals surface area contributed by atoms with Crippen LogP contribution < -0.4 is 10.6 Å². The maximum absolute atomic E-state index is 12.3. The Kier molecular flexibility index (Phi) is 6.77. The number of aryl methyl sites for hydroxylation is 1. The normalized spacial score (nSPS) is 14.2. The number of aliphatic imine (C=N–C) groups is 1. The molecule has 2 amide bonds. The third-order valence-corrected chi connectivity index (χ3v) is 6.05. The number of allylic oxidation sites excluding steroid dienone is 1. The van der Waals surface area contributed by atoms with Gasteiger partial charge in [0.1, 0.15) is 0 Å². The molecule has 0 saturated heterocycles. The molecule has 1 aromatic carbocycles. The molecule has 0 unspecified atom stereocenters. The fourth-order valence-electron chi connectivity index (χ4n) is 4.29. The summed E-state index contributed by atoms with van der Waals surface area (Å²) in [5.74, 6) is -0.351. The number of carbonyl (C=O) groups is 2. The monoisotopic (exact) mass is 438 g/mol. The van der Waals surface area contributed by atoms with Crippen molar-refractivity contribution in [3.05, 3.63) is 35.5 Å². The Bertz CT molecular complexity index is 1100. The van der Waals surface area contributed by atoms with Gasteiger partial charge in [0.25, 0.3) is 0 Å². The van der Waals surface area contributed by atoms with E-state index >= 15 is 0 Å². The largest absolute Gasteiger partial charge is 0.466 e. The van der Waals surface area contributed by atoms with E-state index in [2.05, 4.69) is 44.4 Å². The van der Waals surface area contributed by atoms with Crippen molar-refractivity contribution in [2.75, 3.05) is 24.6 Å². The number of benzene rings is 1. The highest BCUT2D eigenvalue weighted by molar-refractivity contribution is 6.08. The van der Waals surface area contributed by atoms with Gasteiger partial charge in [-0.2, -0.15) is 0 Å². The number of hydrogen-bond donors (Lipinski definition) is 1. The fraction of sp³-hybridized carbons (Fsp3) is 0.480. The highest BCUT2D eigenvalue weighted by Gasteiger charge is 2.27. The standard InChI is InChI=1S/C25H34N4O3/c1-7-32-21(30)12-14-29(24(26)31)19-10-8-9-18-22(16(2)28(6)23(18)19)17-11-13-27-20(15-17)25(3,4)5/h8-11H,7,12-15H2,1-6H3,(H2,26,31). The number of amides is 2. The Labute approximate surface area is 189 Å². The number of primary amides is 1. The number of anilines is 1. The number of hydrogen-bond acceptors (Lipinski definition) is 4. The van der Waals surface area contributed by atoms with Gasteiger partial charge in [-0.3, -0.25) is 14.7 Å². The number of nitrogens with zero attached hydrogens (tertiary/aromatic N) is 3. The molecule has 1 aromatic heterocycles. The number of dihydropyridines is 1. The van der Waals surface area contributed by atoms with E-state index in [1.165, 1.54) is 21.7 Å². The van der Waals surface area contributed by atoms with Crippen LogP contribution in [0.15, 0.2) is 29.3 Å². The molecule has 0 radical (unpaired) electrons. The summed E-state index contributed by atoms with van der Waals surface area (Å²) in [6.45, 7) is 11.6. The first-order chi connectivity index (χ1) is 15.1. The van der Waals surface area contributed by atoms with Crippen molar-refractivity contribution < 1.29 is 14.3 Å². The minimum absolute atomic E-state index is 0.0129. The van der Waals surface area contributed by atoms with E-state index in [0.29, 0.717) is 18.8 Å². The molecule has 0 atom stereocenters. The molecule has 32 heavy (non-hydrogen) atoms. The van der Waals surface area contributed by atoms with E-state index in [-0.39, 0.29) is 24.3 Å². The number of carbonyl (C=O) groups excluding carboxylic acids is 2. The summed E-state index contributed by atoms with van der Waals surface area (Å²) in [5, 5.41) is 1.06. The summed E-state index contributed by atoms with van der Waals surface area (Å²) >= 11 is 0. The Morgan fingerprint density at radius 1 is 1.28 bits per heavy atom. The van der Waals surface area contributed by atoms with E-state index in [9.17, 15) is 9.59 Å². The molecule has 1 aliphatic heterocycles. The van der Waals surface area contributed by atoms with Crippen molar-refractivity contribution in [3.63, 3.8) is 0 Å². The summed E-state index contributed by atoms with van der Waals surface area (Å²) in [7, 11) is 2.00. The van der Waals surface area contributed by atoms with E-state index in [1.54, 1.807) is 6.92 Å². The lowest BCUT2D eigenvalue weighted by molar-refractivity contribution is -0.142. The molecule has 0 spiro atoms. The van der Waals surface area contributed by atoms with Gasteiger partial charge in [0.05, 0.1) is 30.8 Å². The third-order valence-electron chi connectivity index (χ3n) is 6.05. The summed E-state index contributed by atoms with van der Waals surface area (Å²) in [6.07, 6.45) is 3.08. The van der Waals surface area contributed by atoms with Gasteiger partial charge in [-0.25, -0.2) is 4.79 Å². The lowest BCUT2D eigenvalue weighted by Crippen LogP contribution is -2.37. The number of ether oxygens (including phenoxy) is 1. The number of urea groups is 1. The van der Waals surface area contributed by atoms with Crippen LogP contribution in [0, 0.1) is 12.3 Å². The molecular weight excluding hydrogens is 404 g/mol. The second-order valence-corrected chi connectivity index (χ2v) is 9.18. The number of para-hydroxylation sites is 1. The first-order valence-corrected chi connectivity index (χ1v) is 11.1. The molecule has 172 valence electrons. The van der Waals surface area contributed by atoms with Crippen LogP contribution in [0.3, 0.4) is 0 Å². The van der Waals surface area contributed by atoms with Gasteiger partial charge in [0.15, 0.2) is 0 Å². The lowest BCUT2D eigenvalue weighted by atomic mass is 9.83. The molecule has 2 aromatic rings. The van der Waals surface area contributed by atoms with Crippen LogP contribution >= 0.6 is 0 Å². The van der Waals surface area contributed by atoms with Crippen LogP contribution in [0.5, 0.6) is 0 Å². The summed E-state index contributed by atoms with van der Waals surface area (Å²) in [6, 6.07) is 5.29. The molecule has 1 aliphatic rings. The maximum atomic E-state index is 12.3. The number of nitrogens with two attached hydrogens (primary N) is 1. The molecule has 7 heteroatoms. The number of esters is 1. The zero-order valence-electron chi connectivity index (χ0n) is 20.0. The highest BCUT2D eigenvalue weighted by atomic mass is 16.5. The minimum atomic E-state index is -0.596. The maximum Gasteiger partial charge on any atom is 0.319 e. The second-order valence-electron chi connectivity index (χ2n) is 9.18. The topological polar surface area (TPSA) is 89.9 Å². The number of fused-ring (bicyclic) bond motifs is 1. The van der Waals surface area contributed by atoms with Crippen LogP contribution in [0.2, 0.25) is 0 Å². The van der Waals surface area contributed by atoms with Gasteiger partial charge < -0.3 is 15.0 Å². The summed E-state index contributed by atoms with van der Waals surface area (Å²) in [4.78, 5) is 30.4. The van der Waals surface area contributed by atoms with Crippen LogP contribution in [-0.4, -0.2) is 42.0 Å². The third kappa shape index (κ3) is 4.56. The molecule has 0 fully saturated rings. The predicted octanol–water partition coefficient (Wildman–Crippen LogP) is 4.60. The Morgan fingerprint density at radius 3 is 2.62 bits per heavy atom. The van der Waals surface area contributed by atoms with Crippen molar-refractivity contribution in [1.82, 2.24) is 4.57 Å². The molecule has 0 saturated carbocycles. The molecule has 2 N–H and O–H groups in total. The van der Waals surface area contributed by atoms with Crippen LogP contribution in [0.4, 0.5) is 10.5 Å². The summed E-state index contributed by atoms with van der Waals surface area (Å²) < 4.78 is 7.12. The van der Waals surface area contributed by atoms with Gasteiger partial charge in [0.2, 0.25) is 0 Å². The van der Waals surface area contributed by atoms with Gasteiger partial charge in [0, 0.05) is 47.8 Å². The minimum Gasteiger partial charge on any atom is -0.466 e. The average Bonchev–Trinajstić information content (AvgIpc) is 2.98.